The predicted octanol–water partition coefficient (Wildman–Crippen LogP) is 0.402. The van der Waals surface area contributed by atoms with E-state index >= 15 is 0 Å². The summed E-state index contributed by atoms with van der Waals surface area (Å²) in [6.07, 6.45) is 1.16. The second-order valence-corrected chi connectivity index (χ2v) is 4.69. The van der Waals surface area contributed by atoms with Gasteiger partial charge in [0.15, 0.2) is 5.16 Å². The van der Waals surface area contributed by atoms with E-state index in [1.807, 2.05) is 11.6 Å². The molecule has 84 valence electrons. The Bertz CT molecular complexity index is 322. The Morgan fingerprint density at radius 2 is 2.47 bits per heavy atom. The van der Waals surface area contributed by atoms with Gasteiger partial charge in [-0.1, -0.05) is 11.8 Å². The monoisotopic (exact) mass is 228 g/mol. The van der Waals surface area contributed by atoms with Crippen LogP contribution in [0.2, 0.25) is 0 Å². The van der Waals surface area contributed by atoms with Crippen LogP contribution in [0.5, 0.6) is 0 Å². The summed E-state index contributed by atoms with van der Waals surface area (Å²) in [4.78, 5) is 0. The lowest BCUT2D eigenvalue weighted by Crippen LogP contribution is -2.06. The van der Waals surface area contributed by atoms with Crippen LogP contribution in [0.3, 0.4) is 0 Å². The number of nitrogens with two attached hydrogens (primary N) is 1. The Balaban J connectivity index is 1.89. The third-order valence-electron chi connectivity index (χ3n) is 2.58. The largest absolute Gasteiger partial charge is 0.381 e. The van der Waals surface area contributed by atoms with Crippen molar-refractivity contribution in [3.63, 3.8) is 0 Å². The molecule has 1 aromatic rings. The van der Waals surface area contributed by atoms with E-state index in [0.717, 1.165) is 36.4 Å². The van der Waals surface area contributed by atoms with Gasteiger partial charge < -0.3 is 15.0 Å². The van der Waals surface area contributed by atoms with Crippen molar-refractivity contribution in [1.82, 2.24) is 14.8 Å². The van der Waals surface area contributed by atoms with Crippen molar-refractivity contribution in [1.29, 1.82) is 0 Å². The molecule has 1 aliphatic heterocycles. The number of thioether (sulfide) groups is 1. The maximum atomic E-state index is 5.53. The van der Waals surface area contributed by atoms with E-state index in [4.69, 9.17) is 10.5 Å². The van der Waals surface area contributed by atoms with E-state index in [1.165, 1.54) is 0 Å². The zero-order chi connectivity index (χ0) is 10.7. The van der Waals surface area contributed by atoms with Crippen LogP contribution >= 0.6 is 11.8 Å². The molecule has 5 nitrogen and oxygen atoms in total. The third-order valence-corrected chi connectivity index (χ3v) is 3.83. The Hall–Kier alpha value is -0.590. The van der Waals surface area contributed by atoms with Gasteiger partial charge in [-0.3, -0.25) is 0 Å². The minimum atomic E-state index is 0.441. The third kappa shape index (κ3) is 2.50. The fraction of sp³-hybridized carbons (Fsp3) is 0.778. The molecule has 0 amide bonds. The van der Waals surface area contributed by atoms with E-state index in [2.05, 4.69) is 10.2 Å². The lowest BCUT2D eigenvalue weighted by molar-refractivity contribution is 0.189. The average Bonchev–Trinajstić information content (AvgIpc) is 2.85. The highest BCUT2D eigenvalue weighted by atomic mass is 32.2. The summed E-state index contributed by atoms with van der Waals surface area (Å²) in [5, 5.41) is 9.06. The highest BCUT2D eigenvalue weighted by Gasteiger charge is 2.17. The predicted molar refractivity (Wildman–Crippen MR) is 58.5 cm³/mol. The summed E-state index contributed by atoms with van der Waals surface area (Å²) < 4.78 is 7.28. The first kappa shape index (κ1) is 10.9. The first-order chi connectivity index (χ1) is 7.31. The zero-order valence-electron chi connectivity index (χ0n) is 8.85. The van der Waals surface area contributed by atoms with Crippen molar-refractivity contribution in [2.24, 2.45) is 18.7 Å². The van der Waals surface area contributed by atoms with Crippen molar-refractivity contribution in [3.8, 4) is 0 Å². The summed E-state index contributed by atoms with van der Waals surface area (Å²) in [5.41, 5.74) is 5.53. The molecule has 0 spiro atoms. The van der Waals surface area contributed by atoms with Gasteiger partial charge in [0.1, 0.15) is 5.82 Å². The van der Waals surface area contributed by atoms with E-state index in [9.17, 15) is 0 Å². The fourth-order valence-electron chi connectivity index (χ4n) is 1.56. The van der Waals surface area contributed by atoms with Gasteiger partial charge in [0, 0.05) is 19.4 Å². The van der Waals surface area contributed by atoms with Crippen LogP contribution in [0.15, 0.2) is 5.16 Å². The second-order valence-electron chi connectivity index (χ2n) is 3.70. The van der Waals surface area contributed by atoms with Gasteiger partial charge in [-0.15, -0.1) is 10.2 Å². The van der Waals surface area contributed by atoms with Crippen molar-refractivity contribution < 1.29 is 4.74 Å². The number of nitrogens with zero attached hydrogens (tertiary/aromatic N) is 3. The molecule has 0 aromatic carbocycles. The molecule has 15 heavy (non-hydrogen) atoms. The van der Waals surface area contributed by atoms with Crippen LogP contribution in [0.1, 0.15) is 12.2 Å². The molecule has 2 rings (SSSR count). The standard InChI is InChI=1S/C9H16N4OS/c1-13-8(4-10)11-12-9(13)15-6-7-2-3-14-5-7/h7H,2-6,10H2,1H3. The maximum absolute atomic E-state index is 5.53. The summed E-state index contributed by atoms with van der Waals surface area (Å²) >= 11 is 1.73. The molecule has 0 bridgehead atoms. The Morgan fingerprint density at radius 1 is 1.60 bits per heavy atom. The number of ether oxygens (including phenoxy) is 1. The average molecular weight is 228 g/mol. The lowest BCUT2D eigenvalue weighted by atomic mass is 10.2. The molecule has 1 atom stereocenters. The van der Waals surface area contributed by atoms with Crippen LogP contribution in [0.4, 0.5) is 0 Å². The van der Waals surface area contributed by atoms with E-state index < -0.39 is 0 Å². The van der Waals surface area contributed by atoms with Crippen LogP contribution < -0.4 is 5.73 Å². The molecule has 1 saturated heterocycles. The normalized spacial score (nSPS) is 21.1. The van der Waals surface area contributed by atoms with Crippen LogP contribution in [0.25, 0.3) is 0 Å². The Labute approximate surface area is 93.4 Å². The zero-order valence-corrected chi connectivity index (χ0v) is 9.66. The second kappa shape index (κ2) is 4.96. The first-order valence-electron chi connectivity index (χ1n) is 5.10. The molecule has 6 heteroatoms. The molecular formula is C9H16N4OS. The Morgan fingerprint density at radius 3 is 3.07 bits per heavy atom. The van der Waals surface area contributed by atoms with Gasteiger partial charge in [0.05, 0.1) is 13.2 Å². The quantitative estimate of drug-likeness (QED) is 0.756. The van der Waals surface area contributed by atoms with Crippen LogP contribution in [-0.2, 0) is 18.3 Å². The Kier molecular flexibility index (Phi) is 3.61. The van der Waals surface area contributed by atoms with E-state index in [1.54, 1.807) is 11.8 Å². The number of hydrogen-bond donors (Lipinski definition) is 1. The minimum absolute atomic E-state index is 0.441. The van der Waals surface area contributed by atoms with Gasteiger partial charge >= 0.3 is 0 Å². The number of aromatic nitrogens is 3. The highest BCUT2D eigenvalue weighted by molar-refractivity contribution is 7.99. The summed E-state index contributed by atoms with van der Waals surface area (Å²) in [6, 6.07) is 0. The van der Waals surface area contributed by atoms with Gasteiger partial charge in [0.2, 0.25) is 0 Å². The van der Waals surface area contributed by atoms with Crippen molar-refractivity contribution in [2.75, 3.05) is 19.0 Å². The van der Waals surface area contributed by atoms with Gasteiger partial charge in [-0.2, -0.15) is 0 Å². The minimum Gasteiger partial charge on any atom is -0.381 e. The lowest BCUT2D eigenvalue weighted by Gasteiger charge is -2.06. The van der Waals surface area contributed by atoms with Crippen LogP contribution in [0, 0.1) is 5.92 Å². The topological polar surface area (TPSA) is 66.0 Å². The molecule has 1 aromatic heterocycles. The molecule has 0 radical (unpaired) electrons. The van der Waals surface area contributed by atoms with E-state index in [-0.39, 0.29) is 0 Å². The summed E-state index contributed by atoms with van der Waals surface area (Å²) in [5.74, 6) is 2.55. The fourth-order valence-corrected chi connectivity index (χ4v) is 2.60. The molecule has 0 aliphatic carbocycles. The van der Waals surface area contributed by atoms with E-state index in [0.29, 0.717) is 12.5 Å². The van der Waals surface area contributed by atoms with Gasteiger partial charge in [-0.05, 0) is 12.3 Å². The molecule has 1 fully saturated rings. The van der Waals surface area contributed by atoms with Gasteiger partial charge in [-0.25, -0.2) is 0 Å². The molecule has 0 saturated carbocycles. The molecule has 1 unspecified atom stereocenters. The summed E-state index contributed by atoms with van der Waals surface area (Å²) in [7, 11) is 1.95. The molecule has 1 aliphatic rings. The van der Waals surface area contributed by atoms with Crippen molar-refractivity contribution >= 4 is 11.8 Å². The first-order valence-corrected chi connectivity index (χ1v) is 6.08. The summed E-state index contributed by atoms with van der Waals surface area (Å²) in [6.45, 7) is 2.23. The van der Waals surface area contributed by atoms with Gasteiger partial charge in [0.25, 0.3) is 0 Å². The smallest absolute Gasteiger partial charge is 0.190 e. The number of hydrogen-bond acceptors (Lipinski definition) is 5. The van der Waals surface area contributed by atoms with Crippen molar-refractivity contribution in [2.45, 2.75) is 18.1 Å². The maximum Gasteiger partial charge on any atom is 0.190 e. The van der Waals surface area contributed by atoms with Crippen molar-refractivity contribution in [3.05, 3.63) is 5.82 Å². The SMILES string of the molecule is Cn1c(CN)nnc1SCC1CCOC1. The molecule has 2 heterocycles. The highest BCUT2D eigenvalue weighted by Crippen LogP contribution is 2.23. The molecular weight excluding hydrogens is 212 g/mol. The number of rotatable bonds is 4. The van der Waals surface area contributed by atoms with Crippen LogP contribution in [-0.4, -0.2) is 33.7 Å². The molecule has 2 N–H and O–H groups in total.